The SMILES string of the molecule is Cc1cc(C)c2c(C(F)(F)F)c(C(=O)O)cnc2c1. The molecule has 0 radical (unpaired) electrons. The zero-order chi connectivity index (χ0) is 14.4. The third kappa shape index (κ3) is 2.25. The van der Waals surface area contributed by atoms with E-state index in [-0.39, 0.29) is 10.9 Å². The lowest BCUT2D eigenvalue weighted by Crippen LogP contribution is -2.15. The van der Waals surface area contributed by atoms with Crippen LogP contribution in [0, 0.1) is 13.8 Å². The monoisotopic (exact) mass is 269 g/mol. The second kappa shape index (κ2) is 4.22. The molecule has 0 fully saturated rings. The van der Waals surface area contributed by atoms with Crippen molar-refractivity contribution in [2.45, 2.75) is 20.0 Å². The number of aromatic nitrogens is 1. The van der Waals surface area contributed by atoms with Gasteiger partial charge in [-0.05, 0) is 31.0 Å². The Labute approximate surface area is 106 Å². The van der Waals surface area contributed by atoms with Crippen molar-refractivity contribution in [2.24, 2.45) is 0 Å². The summed E-state index contributed by atoms with van der Waals surface area (Å²) in [6.45, 7) is 3.25. The van der Waals surface area contributed by atoms with E-state index in [4.69, 9.17) is 5.11 Å². The topological polar surface area (TPSA) is 50.2 Å². The van der Waals surface area contributed by atoms with Gasteiger partial charge in [-0.3, -0.25) is 4.98 Å². The maximum Gasteiger partial charge on any atom is 0.417 e. The van der Waals surface area contributed by atoms with Crippen molar-refractivity contribution in [3.63, 3.8) is 0 Å². The summed E-state index contributed by atoms with van der Waals surface area (Å²) in [4.78, 5) is 14.8. The van der Waals surface area contributed by atoms with E-state index in [1.165, 1.54) is 13.0 Å². The molecule has 0 bridgehead atoms. The van der Waals surface area contributed by atoms with Gasteiger partial charge in [0.25, 0.3) is 0 Å². The molecule has 2 rings (SSSR count). The summed E-state index contributed by atoms with van der Waals surface area (Å²) < 4.78 is 39.4. The van der Waals surface area contributed by atoms with E-state index in [0.29, 0.717) is 5.56 Å². The summed E-state index contributed by atoms with van der Waals surface area (Å²) in [5.41, 5.74) is -0.684. The highest BCUT2D eigenvalue weighted by Crippen LogP contribution is 2.38. The number of halogens is 3. The van der Waals surface area contributed by atoms with Crippen molar-refractivity contribution < 1.29 is 23.1 Å². The van der Waals surface area contributed by atoms with E-state index in [1.54, 1.807) is 13.0 Å². The molecule has 0 saturated heterocycles. The predicted molar refractivity (Wildman–Crippen MR) is 63.2 cm³/mol. The van der Waals surface area contributed by atoms with Crippen LogP contribution in [0.3, 0.4) is 0 Å². The Kier molecular flexibility index (Phi) is 2.96. The molecule has 0 unspecified atom stereocenters. The van der Waals surface area contributed by atoms with Gasteiger partial charge < -0.3 is 5.11 Å². The average Bonchev–Trinajstić information content (AvgIpc) is 2.25. The Morgan fingerprint density at radius 3 is 2.42 bits per heavy atom. The molecule has 100 valence electrons. The van der Waals surface area contributed by atoms with E-state index in [1.807, 2.05) is 0 Å². The normalized spacial score (nSPS) is 11.8. The number of fused-ring (bicyclic) bond motifs is 1. The number of carboxylic acid groups (broad SMARTS) is 1. The fourth-order valence-electron chi connectivity index (χ4n) is 2.16. The number of rotatable bonds is 1. The van der Waals surface area contributed by atoms with E-state index < -0.39 is 23.3 Å². The summed E-state index contributed by atoms with van der Waals surface area (Å²) >= 11 is 0. The second-order valence-corrected chi connectivity index (χ2v) is 4.33. The quantitative estimate of drug-likeness (QED) is 0.861. The minimum atomic E-state index is -4.74. The zero-order valence-corrected chi connectivity index (χ0v) is 10.2. The highest BCUT2D eigenvalue weighted by Gasteiger charge is 2.38. The van der Waals surface area contributed by atoms with Crippen LogP contribution in [0.15, 0.2) is 18.3 Å². The standard InChI is InChI=1S/C13H10F3NO2/c1-6-3-7(2)10-9(4-6)17-5-8(12(18)19)11(10)13(14,15)16/h3-5H,1-2H3,(H,18,19). The van der Waals surface area contributed by atoms with Crippen LogP contribution in [0.1, 0.15) is 27.0 Å². The molecule has 2 aromatic rings. The Bertz CT molecular complexity index is 678. The molecular formula is C13H10F3NO2. The molecule has 1 aromatic heterocycles. The van der Waals surface area contributed by atoms with Gasteiger partial charge in [0, 0.05) is 11.6 Å². The Hall–Kier alpha value is -2.11. The molecule has 1 heterocycles. The Balaban J connectivity index is 3.00. The third-order valence-corrected chi connectivity index (χ3v) is 2.82. The lowest BCUT2D eigenvalue weighted by Gasteiger charge is -2.15. The van der Waals surface area contributed by atoms with Gasteiger partial charge in [-0.2, -0.15) is 13.2 Å². The Morgan fingerprint density at radius 2 is 1.89 bits per heavy atom. The first-order valence-electron chi connectivity index (χ1n) is 5.42. The van der Waals surface area contributed by atoms with E-state index in [9.17, 15) is 18.0 Å². The largest absolute Gasteiger partial charge is 0.478 e. The smallest absolute Gasteiger partial charge is 0.417 e. The molecule has 0 amide bonds. The van der Waals surface area contributed by atoms with Gasteiger partial charge in [-0.25, -0.2) is 4.79 Å². The van der Waals surface area contributed by atoms with Crippen LogP contribution in [0.2, 0.25) is 0 Å². The van der Waals surface area contributed by atoms with Crippen molar-refractivity contribution in [3.8, 4) is 0 Å². The molecule has 0 saturated carbocycles. The number of carboxylic acids is 1. The lowest BCUT2D eigenvalue weighted by atomic mass is 9.97. The number of carbonyl (C=O) groups is 1. The summed E-state index contributed by atoms with van der Waals surface area (Å²) in [6.07, 6.45) is -3.98. The van der Waals surface area contributed by atoms with Crippen LogP contribution in [0.5, 0.6) is 0 Å². The van der Waals surface area contributed by atoms with Gasteiger partial charge in [0.05, 0.1) is 16.6 Å². The minimum absolute atomic E-state index is 0.148. The van der Waals surface area contributed by atoms with E-state index in [0.717, 1.165) is 11.8 Å². The maximum atomic E-state index is 13.1. The van der Waals surface area contributed by atoms with Crippen LogP contribution in [0.25, 0.3) is 10.9 Å². The van der Waals surface area contributed by atoms with Crippen molar-refractivity contribution in [2.75, 3.05) is 0 Å². The number of benzene rings is 1. The number of alkyl halides is 3. The summed E-state index contributed by atoms with van der Waals surface area (Å²) in [5, 5.41) is 8.74. The minimum Gasteiger partial charge on any atom is -0.478 e. The molecule has 6 heteroatoms. The number of aryl methyl sites for hydroxylation is 2. The van der Waals surface area contributed by atoms with Gasteiger partial charge in [0.1, 0.15) is 0 Å². The average molecular weight is 269 g/mol. The zero-order valence-electron chi connectivity index (χ0n) is 10.2. The molecule has 1 aromatic carbocycles. The first-order valence-corrected chi connectivity index (χ1v) is 5.42. The van der Waals surface area contributed by atoms with Gasteiger partial charge in [0.15, 0.2) is 0 Å². The summed E-state index contributed by atoms with van der Waals surface area (Å²) in [5.74, 6) is -1.64. The molecule has 19 heavy (non-hydrogen) atoms. The number of pyridine rings is 1. The fraction of sp³-hybridized carbons (Fsp3) is 0.231. The third-order valence-electron chi connectivity index (χ3n) is 2.82. The first-order chi connectivity index (χ1) is 8.71. The van der Waals surface area contributed by atoms with Crippen LogP contribution < -0.4 is 0 Å². The molecule has 0 aliphatic heterocycles. The maximum absolute atomic E-state index is 13.1. The van der Waals surface area contributed by atoms with Gasteiger partial charge in [0.2, 0.25) is 0 Å². The number of hydrogen-bond donors (Lipinski definition) is 1. The van der Waals surface area contributed by atoms with Crippen LogP contribution >= 0.6 is 0 Å². The fourth-order valence-corrected chi connectivity index (χ4v) is 2.16. The predicted octanol–water partition coefficient (Wildman–Crippen LogP) is 3.57. The van der Waals surface area contributed by atoms with Crippen molar-refractivity contribution in [1.82, 2.24) is 4.98 Å². The van der Waals surface area contributed by atoms with Crippen molar-refractivity contribution in [3.05, 3.63) is 40.6 Å². The summed E-state index contributed by atoms with van der Waals surface area (Å²) in [7, 11) is 0. The molecule has 3 nitrogen and oxygen atoms in total. The lowest BCUT2D eigenvalue weighted by molar-refractivity contribution is -0.136. The van der Waals surface area contributed by atoms with Gasteiger partial charge >= 0.3 is 12.1 Å². The van der Waals surface area contributed by atoms with E-state index in [2.05, 4.69) is 4.98 Å². The van der Waals surface area contributed by atoms with Crippen LogP contribution in [-0.4, -0.2) is 16.1 Å². The molecule has 0 aliphatic carbocycles. The molecule has 0 aliphatic rings. The number of aromatic carboxylic acids is 1. The summed E-state index contributed by atoms with van der Waals surface area (Å²) in [6, 6.07) is 3.08. The highest BCUT2D eigenvalue weighted by atomic mass is 19.4. The van der Waals surface area contributed by atoms with Gasteiger partial charge in [-0.1, -0.05) is 6.07 Å². The van der Waals surface area contributed by atoms with Crippen molar-refractivity contribution >= 4 is 16.9 Å². The Morgan fingerprint density at radius 1 is 1.26 bits per heavy atom. The highest BCUT2D eigenvalue weighted by molar-refractivity contribution is 5.97. The number of nitrogens with zero attached hydrogens (tertiary/aromatic N) is 1. The number of hydrogen-bond acceptors (Lipinski definition) is 2. The first kappa shape index (κ1) is 13.3. The molecule has 0 spiro atoms. The van der Waals surface area contributed by atoms with Crippen molar-refractivity contribution in [1.29, 1.82) is 0 Å². The molecular weight excluding hydrogens is 259 g/mol. The van der Waals surface area contributed by atoms with Crippen LogP contribution in [0.4, 0.5) is 13.2 Å². The second-order valence-electron chi connectivity index (χ2n) is 4.33. The molecule has 0 atom stereocenters. The van der Waals surface area contributed by atoms with Gasteiger partial charge in [-0.15, -0.1) is 0 Å². The molecule has 1 N–H and O–H groups in total. The van der Waals surface area contributed by atoms with E-state index >= 15 is 0 Å². The van der Waals surface area contributed by atoms with Crippen LogP contribution in [-0.2, 0) is 6.18 Å².